The molecule has 2 N–H and O–H groups in total. The van der Waals surface area contributed by atoms with Crippen LogP contribution in [0.25, 0.3) is 16.7 Å². The molecular formula is C21H15BrClN5O2S. The number of ether oxygens (including phenoxy) is 1. The summed E-state index contributed by atoms with van der Waals surface area (Å²) in [6.45, 7) is 0. The summed E-state index contributed by atoms with van der Waals surface area (Å²) in [6, 6.07) is 18.0. The second kappa shape index (κ2) is 9.01. The molecule has 4 aromatic rings. The van der Waals surface area contributed by atoms with Gasteiger partial charge in [0.15, 0.2) is 5.11 Å². The van der Waals surface area contributed by atoms with E-state index in [1.807, 2.05) is 30.3 Å². The van der Waals surface area contributed by atoms with Crippen molar-refractivity contribution < 1.29 is 9.53 Å². The van der Waals surface area contributed by atoms with Gasteiger partial charge in [-0.1, -0.05) is 29.8 Å². The van der Waals surface area contributed by atoms with E-state index in [9.17, 15) is 4.79 Å². The van der Waals surface area contributed by atoms with Crippen LogP contribution in [0.15, 0.2) is 65.1 Å². The number of carbonyl (C=O) groups is 1. The molecule has 1 aromatic heterocycles. The zero-order valence-corrected chi connectivity index (χ0v) is 19.3. The summed E-state index contributed by atoms with van der Waals surface area (Å²) in [4.78, 5) is 14.0. The minimum atomic E-state index is -0.368. The predicted molar refractivity (Wildman–Crippen MR) is 128 cm³/mol. The lowest BCUT2D eigenvalue weighted by molar-refractivity contribution is 0.0977. The van der Waals surface area contributed by atoms with Crippen LogP contribution >= 0.6 is 39.7 Å². The highest BCUT2D eigenvalue weighted by Gasteiger charge is 2.13. The molecule has 10 heteroatoms. The zero-order chi connectivity index (χ0) is 22.0. The van der Waals surface area contributed by atoms with Crippen molar-refractivity contribution in [2.24, 2.45) is 0 Å². The molecule has 0 aliphatic rings. The van der Waals surface area contributed by atoms with Gasteiger partial charge in [0.1, 0.15) is 16.8 Å². The van der Waals surface area contributed by atoms with E-state index in [2.05, 4.69) is 36.8 Å². The number of benzene rings is 3. The van der Waals surface area contributed by atoms with E-state index in [1.165, 1.54) is 4.80 Å². The fraction of sp³-hybridized carbons (Fsp3) is 0.0476. The van der Waals surface area contributed by atoms with Crippen molar-refractivity contribution >= 4 is 67.5 Å². The highest BCUT2D eigenvalue weighted by Crippen LogP contribution is 2.27. The third-order valence-corrected chi connectivity index (χ3v) is 5.48. The number of anilines is 1. The second-order valence-corrected chi connectivity index (χ2v) is 8.07. The molecule has 0 spiro atoms. The molecule has 1 heterocycles. The van der Waals surface area contributed by atoms with Gasteiger partial charge in [-0.2, -0.15) is 4.80 Å². The molecule has 0 atom stereocenters. The SMILES string of the molecule is COc1ccc(C(=O)NC(=S)Nc2cc3nn(-c4ccccc4)nc3cc2Cl)cc1Br. The number of carbonyl (C=O) groups excluding carboxylic acids is 1. The Morgan fingerprint density at radius 1 is 1.10 bits per heavy atom. The Balaban J connectivity index is 1.51. The molecular weight excluding hydrogens is 502 g/mol. The maximum atomic E-state index is 12.5. The Labute approximate surface area is 196 Å². The first kappa shape index (κ1) is 21.2. The number of thiocarbonyl (C=S) groups is 1. The summed E-state index contributed by atoms with van der Waals surface area (Å²) in [6.07, 6.45) is 0. The normalized spacial score (nSPS) is 10.7. The maximum Gasteiger partial charge on any atom is 0.257 e. The molecule has 3 aromatic carbocycles. The number of hydrogen-bond donors (Lipinski definition) is 2. The fourth-order valence-electron chi connectivity index (χ4n) is 2.85. The number of nitrogens with zero attached hydrogens (tertiary/aromatic N) is 3. The fourth-order valence-corrected chi connectivity index (χ4v) is 3.80. The van der Waals surface area contributed by atoms with E-state index >= 15 is 0 Å². The topological polar surface area (TPSA) is 81.1 Å². The number of hydrogen-bond acceptors (Lipinski definition) is 5. The van der Waals surface area contributed by atoms with E-state index in [0.29, 0.717) is 37.5 Å². The Morgan fingerprint density at radius 2 is 1.81 bits per heavy atom. The number of nitrogens with one attached hydrogen (secondary N) is 2. The van der Waals surface area contributed by atoms with Gasteiger partial charge < -0.3 is 10.1 Å². The van der Waals surface area contributed by atoms with E-state index in [0.717, 1.165) is 5.69 Å². The van der Waals surface area contributed by atoms with E-state index in [-0.39, 0.29) is 11.0 Å². The standard InChI is InChI=1S/C21H15BrClN5O2S/c1-30-19-8-7-12(9-14(19)22)20(29)25-21(31)24-16-11-18-17(10-15(16)23)26-28(27-18)13-5-3-2-4-6-13/h2-11H,1H3,(H2,24,25,29,31). The Kier molecular flexibility index (Phi) is 6.17. The summed E-state index contributed by atoms with van der Waals surface area (Å²) in [5.41, 5.74) is 3.03. The largest absolute Gasteiger partial charge is 0.496 e. The summed E-state index contributed by atoms with van der Waals surface area (Å²) >= 11 is 15.0. The van der Waals surface area contributed by atoms with Crippen molar-refractivity contribution in [3.63, 3.8) is 0 Å². The van der Waals surface area contributed by atoms with Gasteiger partial charge in [-0.05, 0) is 70.6 Å². The summed E-state index contributed by atoms with van der Waals surface area (Å²) < 4.78 is 5.84. The molecule has 0 aliphatic carbocycles. The van der Waals surface area contributed by atoms with Gasteiger partial charge in [0.05, 0.1) is 28.0 Å². The predicted octanol–water partition coefficient (Wildman–Crippen LogP) is 4.97. The maximum absolute atomic E-state index is 12.5. The molecule has 0 fully saturated rings. The highest BCUT2D eigenvalue weighted by atomic mass is 79.9. The van der Waals surface area contributed by atoms with Gasteiger partial charge in [0.25, 0.3) is 5.91 Å². The minimum absolute atomic E-state index is 0.105. The van der Waals surface area contributed by atoms with Gasteiger partial charge in [0.2, 0.25) is 0 Å². The third kappa shape index (κ3) is 4.68. The molecule has 4 rings (SSSR count). The minimum Gasteiger partial charge on any atom is -0.496 e. The van der Waals surface area contributed by atoms with Gasteiger partial charge in [-0.3, -0.25) is 10.1 Å². The average molecular weight is 517 g/mol. The first-order valence-corrected chi connectivity index (χ1v) is 10.6. The van der Waals surface area contributed by atoms with Gasteiger partial charge in [0, 0.05) is 5.56 Å². The van der Waals surface area contributed by atoms with Gasteiger partial charge >= 0.3 is 0 Å². The molecule has 0 saturated carbocycles. The van der Waals surface area contributed by atoms with Gasteiger partial charge in [-0.15, -0.1) is 10.2 Å². The first-order valence-electron chi connectivity index (χ1n) is 9.02. The first-order chi connectivity index (χ1) is 14.9. The lowest BCUT2D eigenvalue weighted by Crippen LogP contribution is -2.34. The second-order valence-electron chi connectivity index (χ2n) is 6.40. The van der Waals surface area contributed by atoms with Crippen molar-refractivity contribution in [1.82, 2.24) is 20.3 Å². The molecule has 0 unspecified atom stereocenters. The van der Waals surface area contributed by atoms with Crippen LogP contribution in [0.4, 0.5) is 5.69 Å². The summed E-state index contributed by atoms with van der Waals surface area (Å²) in [7, 11) is 1.55. The van der Waals surface area contributed by atoms with Crippen molar-refractivity contribution in [2.75, 3.05) is 12.4 Å². The van der Waals surface area contributed by atoms with E-state index in [1.54, 1.807) is 37.4 Å². The molecule has 0 radical (unpaired) electrons. The summed E-state index contributed by atoms with van der Waals surface area (Å²) in [5, 5.41) is 15.0. The van der Waals surface area contributed by atoms with Crippen molar-refractivity contribution in [3.05, 3.63) is 75.7 Å². The lowest BCUT2D eigenvalue weighted by atomic mass is 10.2. The van der Waals surface area contributed by atoms with Crippen LogP contribution < -0.4 is 15.4 Å². The van der Waals surface area contributed by atoms with Crippen molar-refractivity contribution in [3.8, 4) is 11.4 Å². The Bertz CT molecular complexity index is 1300. The zero-order valence-electron chi connectivity index (χ0n) is 16.1. The Hall–Kier alpha value is -3.01. The number of halogens is 2. The molecule has 0 bridgehead atoms. The smallest absolute Gasteiger partial charge is 0.257 e. The van der Waals surface area contributed by atoms with Crippen LogP contribution in [0, 0.1) is 0 Å². The van der Waals surface area contributed by atoms with Crippen LogP contribution in [0.1, 0.15) is 10.4 Å². The number of rotatable bonds is 4. The molecule has 156 valence electrons. The molecule has 7 nitrogen and oxygen atoms in total. The van der Waals surface area contributed by atoms with Crippen molar-refractivity contribution in [1.29, 1.82) is 0 Å². The van der Waals surface area contributed by atoms with Crippen LogP contribution in [-0.4, -0.2) is 33.1 Å². The highest BCUT2D eigenvalue weighted by molar-refractivity contribution is 9.10. The van der Waals surface area contributed by atoms with Crippen LogP contribution in [-0.2, 0) is 0 Å². The van der Waals surface area contributed by atoms with E-state index < -0.39 is 0 Å². The number of aromatic nitrogens is 3. The molecule has 0 saturated heterocycles. The Morgan fingerprint density at radius 3 is 2.48 bits per heavy atom. The number of para-hydroxylation sites is 1. The van der Waals surface area contributed by atoms with Crippen molar-refractivity contribution in [2.45, 2.75) is 0 Å². The lowest BCUT2D eigenvalue weighted by Gasteiger charge is -2.11. The van der Waals surface area contributed by atoms with Crippen LogP contribution in [0.2, 0.25) is 5.02 Å². The molecule has 31 heavy (non-hydrogen) atoms. The third-order valence-electron chi connectivity index (χ3n) is 4.35. The number of methoxy groups -OCH3 is 1. The average Bonchev–Trinajstić information content (AvgIpc) is 3.17. The number of amides is 1. The van der Waals surface area contributed by atoms with Gasteiger partial charge in [-0.25, -0.2) is 0 Å². The monoisotopic (exact) mass is 515 g/mol. The number of fused-ring (bicyclic) bond motifs is 1. The molecule has 1 amide bonds. The van der Waals surface area contributed by atoms with Crippen LogP contribution in [0.3, 0.4) is 0 Å². The molecule has 0 aliphatic heterocycles. The van der Waals surface area contributed by atoms with E-state index in [4.69, 9.17) is 28.6 Å². The van der Waals surface area contributed by atoms with Crippen LogP contribution in [0.5, 0.6) is 5.75 Å². The quantitative estimate of drug-likeness (QED) is 0.373. The summed E-state index contributed by atoms with van der Waals surface area (Å²) in [5.74, 6) is 0.258.